The molecule has 0 saturated carbocycles. The molecular formula is C27H34N6O3. The summed E-state index contributed by atoms with van der Waals surface area (Å²) < 4.78 is 7.72. The van der Waals surface area contributed by atoms with Gasteiger partial charge in [0.15, 0.2) is 0 Å². The zero-order valence-corrected chi connectivity index (χ0v) is 21.1. The van der Waals surface area contributed by atoms with Crippen LogP contribution in [-0.4, -0.2) is 82.1 Å². The van der Waals surface area contributed by atoms with Gasteiger partial charge in [-0.15, -0.1) is 0 Å². The fourth-order valence-corrected chi connectivity index (χ4v) is 4.98. The Morgan fingerprint density at radius 1 is 0.972 bits per heavy atom. The van der Waals surface area contributed by atoms with E-state index in [1.165, 1.54) is 0 Å². The van der Waals surface area contributed by atoms with E-state index in [2.05, 4.69) is 14.8 Å². The maximum absolute atomic E-state index is 12.8. The number of rotatable bonds is 6. The van der Waals surface area contributed by atoms with E-state index >= 15 is 0 Å². The number of imidazole rings is 1. The first kappa shape index (κ1) is 24.1. The molecule has 2 aliphatic rings. The van der Waals surface area contributed by atoms with E-state index in [1.807, 2.05) is 66.2 Å². The van der Waals surface area contributed by atoms with Gasteiger partial charge in [-0.1, -0.05) is 12.1 Å². The summed E-state index contributed by atoms with van der Waals surface area (Å²) in [6, 6.07) is 13.2. The van der Waals surface area contributed by atoms with Gasteiger partial charge in [-0.05, 0) is 50.1 Å². The minimum absolute atomic E-state index is 0.0971. The van der Waals surface area contributed by atoms with Gasteiger partial charge in [-0.3, -0.25) is 9.69 Å². The lowest BCUT2D eigenvalue weighted by Crippen LogP contribution is -2.49. The van der Waals surface area contributed by atoms with Crippen LogP contribution in [-0.2, 0) is 13.6 Å². The van der Waals surface area contributed by atoms with Crippen molar-refractivity contribution in [1.29, 1.82) is 0 Å². The second-order valence-corrected chi connectivity index (χ2v) is 9.41. The Morgan fingerprint density at radius 2 is 1.72 bits per heavy atom. The number of carbonyl (C=O) groups excluding carboxylic acids is 2. The molecule has 3 aromatic rings. The Hall–Kier alpha value is -3.59. The topological polar surface area (TPSA) is 82.9 Å². The van der Waals surface area contributed by atoms with Crippen molar-refractivity contribution >= 4 is 28.7 Å². The summed E-state index contributed by atoms with van der Waals surface area (Å²) in [6.45, 7) is 7.66. The van der Waals surface area contributed by atoms with Crippen LogP contribution in [0.15, 0.2) is 42.5 Å². The van der Waals surface area contributed by atoms with Gasteiger partial charge >= 0.3 is 6.03 Å². The summed E-state index contributed by atoms with van der Waals surface area (Å²) in [5.74, 6) is 1.73. The normalized spacial score (nSPS) is 16.5. The van der Waals surface area contributed by atoms with Crippen LogP contribution in [0.4, 0.5) is 10.5 Å². The summed E-state index contributed by atoms with van der Waals surface area (Å²) in [6.07, 6.45) is 2.16. The van der Waals surface area contributed by atoms with Gasteiger partial charge in [0.2, 0.25) is 0 Å². The van der Waals surface area contributed by atoms with E-state index in [0.29, 0.717) is 43.2 Å². The van der Waals surface area contributed by atoms with Crippen LogP contribution in [0.25, 0.3) is 11.0 Å². The maximum Gasteiger partial charge on any atom is 0.322 e. The van der Waals surface area contributed by atoms with Crippen LogP contribution >= 0.6 is 0 Å². The van der Waals surface area contributed by atoms with Crippen molar-refractivity contribution in [3.8, 4) is 5.75 Å². The number of amides is 3. The third-order valence-corrected chi connectivity index (χ3v) is 7.07. The van der Waals surface area contributed by atoms with Crippen LogP contribution in [0.2, 0.25) is 0 Å². The van der Waals surface area contributed by atoms with Gasteiger partial charge in [0.05, 0.1) is 29.9 Å². The zero-order chi connectivity index (χ0) is 25.1. The Bertz CT molecular complexity index is 1240. The quantitative estimate of drug-likeness (QED) is 0.571. The van der Waals surface area contributed by atoms with E-state index < -0.39 is 0 Å². The van der Waals surface area contributed by atoms with Crippen molar-refractivity contribution in [2.24, 2.45) is 7.05 Å². The van der Waals surface area contributed by atoms with E-state index in [1.54, 1.807) is 0 Å². The molecule has 0 spiro atoms. The van der Waals surface area contributed by atoms with Crippen molar-refractivity contribution < 1.29 is 14.3 Å². The largest absolute Gasteiger partial charge is 0.492 e. The molecule has 190 valence electrons. The third kappa shape index (κ3) is 5.02. The number of carbonyl (C=O) groups is 2. The highest BCUT2D eigenvalue weighted by Gasteiger charge is 2.24. The van der Waals surface area contributed by atoms with Crippen LogP contribution in [0.5, 0.6) is 5.75 Å². The molecule has 0 bridgehead atoms. The molecule has 1 aromatic heterocycles. The number of hydrogen-bond donors (Lipinski definition) is 1. The van der Waals surface area contributed by atoms with Crippen LogP contribution in [0.1, 0.15) is 35.9 Å². The summed E-state index contributed by atoms with van der Waals surface area (Å²) in [4.78, 5) is 36.6. The smallest absolute Gasteiger partial charge is 0.322 e. The van der Waals surface area contributed by atoms with Crippen molar-refractivity contribution in [1.82, 2.24) is 24.3 Å². The number of ether oxygens (including phenoxy) is 1. The standard InChI is InChI=1S/C27H34N6O3/c1-3-36-24-9-5-4-8-21(24)29-27(35)33-16-14-31(15-17-33)19-25-28-22-18-20(10-11-23(22)30(25)2)26(34)32-12-6-7-13-32/h4-5,8-11,18H,3,6-7,12-17,19H2,1-2H3,(H,29,35). The number of benzene rings is 2. The Labute approximate surface area is 211 Å². The monoisotopic (exact) mass is 490 g/mol. The van der Waals surface area contributed by atoms with Crippen LogP contribution in [0.3, 0.4) is 0 Å². The Balaban J connectivity index is 1.19. The molecule has 2 aliphatic heterocycles. The number of urea groups is 1. The van der Waals surface area contributed by atoms with Gasteiger partial charge in [0, 0.05) is 51.9 Å². The second-order valence-electron chi connectivity index (χ2n) is 9.41. The Morgan fingerprint density at radius 3 is 2.47 bits per heavy atom. The van der Waals surface area contributed by atoms with Crippen molar-refractivity contribution in [3.05, 3.63) is 53.9 Å². The van der Waals surface area contributed by atoms with E-state index in [0.717, 1.165) is 55.9 Å². The molecule has 5 rings (SSSR count). The molecule has 9 heteroatoms. The maximum atomic E-state index is 12.8. The fraction of sp³-hybridized carbons (Fsp3) is 0.444. The zero-order valence-electron chi connectivity index (χ0n) is 21.1. The fourth-order valence-electron chi connectivity index (χ4n) is 4.98. The molecular weight excluding hydrogens is 456 g/mol. The van der Waals surface area contributed by atoms with Crippen LogP contribution < -0.4 is 10.1 Å². The number of hydrogen-bond acceptors (Lipinski definition) is 5. The lowest BCUT2D eigenvalue weighted by atomic mass is 10.2. The lowest BCUT2D eigenvalue weighted by Gasteiger charge is -2.34. The predicted molar refractivity (Wildman–Crippen MR) is 139 cm³/mol. The number of nitrogens with zero attached hydrogens (tertiary/aromatic N) is 5. The molecule has 0 unspecified atom stereocenters. The predicted octanol–water partition coefficient (Wildman–Crippen LogP) is 3.56. The van der Waals surface area contributed by atoms with Crippen LogP contribution in [0, 0.1) is 0 Å². The lowest BCUT2D eigenvalue weighted by molar-refractivity contribution is 0.0793. The first-order valence-electron chi connectivity index (χ1n) is 12.8. The summed E-state index contributed by atoms with van der Waals surface area (Å²) in [5.41, 5.74) is 3.27. The van der Waals surface area contributed by atoms with Gasteiger partial charge in [-0.25, -0.2) is 9.78 Å². The van der Waals surface area contributed by atoms with Crippen molar-refractivity contribution in [2.45, 2.75) is 26.3 Å². The highest BCUT2D eigenvalue weighted by Crippen LogP contribution is 2.24. The van der Waals surface area contributed by atoms with Gasteiger partial charge in [0.25, 0.3) is 5.91 Å². The van der Waals surface area contributed by atoms with Gasteiger partial charge in [0.1, 0.15) is 11.6 Å². The molecule has 3 amide bonds. The SMILES string of the molecule is CCOc1ccccc1NC(=O)N1CCN(Cc2nc3cc(C(=O)N4CCCC4)ccc3n2C)CC1. The van der Waals surface area contributed by atoms with E-state index in [4.69, 9.17) is 9.72 Å². The number of aromatic nitrogens is 2. The highest BCUT2D eigenvalue weighted by atomic mass is 16.5. The first-order chi connectivity index (χ1) is 17.5. The minimum atomic E-state index is -0.111. The molecule has 0 aliphatic carbocycles. The van der Waals surface area contributed by atoms with Crippen molar-refractivity contribution in [2.75, 3.05) is 51.2 Å². The van der Waals surface area contributed by atoms with Crippen molar-refractivity contribution in [3.63, 3.8) is 0 Å². The molecule has 9 nitrogen and oxygen atoms in total. The summed E-state index contributed by atoms with van der Waals surface area (Å²) in [5, 5.41) is 2.99. The second kappa shape index (κ2) is 10.6. The number of likely N-dealkylation sites (tertiary alicyclic amines) is 1. The van der Waals surface area contributed by atoms with Gasteiger partial charge in [-0.2, -0.15) is 0 Å². The molecule has 2 aromatic carbocycles. The molecule has 2 saturated heterocycles. The number of nitrogens with one attached hydrogen (secondary N) is 1. The van der Waals surface area contributed by atoms with E-state index in [9.17, 15) is 9.59 Å². The summed E-state index contributed by atoms with van der Waals surface area (Å²) >= 11 is 0. The minimum Gasteiger partial charge on any atom is -0.492 e. The third-order valence-electron chi connectivity index (χ3n) is 7.07. The molecule has 3 heterocycles. The highest BCUT2D eigenvalue weighted by molar-refractivity contribution is 5.97. The first-order valence-corrected chi connectivity index (χ1v) is 12.8. The van der Waals surface area contributed by atoms with E-state index in [-0.39, 0.29) is 11.9 Å². The number of aryl methyl sites for hydroxylation is 1. The molecule has 36 heavy (non-hydrogen) atoms. The number of anilines is 1. The Kier molecular flexibility index (Phi) is 7.09. The number of para-hydroxylation sites is 2. The van der Waals surface area contributed by atoms with Gasteiger partial charge < -0.3 is 24.4 Å². The molecule has 0 atom stereocenters. The summed E-state index contributed by atoms with van der Waals surface area (Å²) in [7, 11) is 2.02. The number of fused-ring (bicyclic) bond motifs is 1. The molecule has 0 radical (unpaired) electrons. The molecule has 1 N–H and O–H groups in total. The molecule has 2 fully saturated rings. The average molecular weight is 491 g/mol. The number of piperazine rings is 1. The average Bonchev–Trinajstić information content (AvgIpc) is 3.54.